The van der Waals surface area contributed by atoms with Gasteiger partial charge in [0, 0.05) is 13.1 Å². The first kappa shape index (κ1) is 22.3. The summed E-state index contributed by atoms with van der Waals surface area (Å²) in [6.45, 7) is 4.96. The minimum absolute atomic E-state index is 0.150. The highest BCUT2D eigenvalue weighted by Gasteiger charge is 2.35. The molecule has 1 saturated heterocycles. The average Bonchev–Trinajstić information content (AvgIpc) is 3.19. The summed E-state index contributed by atoms with van der Waals surface area (Å²) < 4.78 is 28.2. The van der Waals surface area contributed by atoms with Crippen LogP contribution in [0.2, 0.25) is 0 Å². The molecular weight excluding hydrogens is 414 g/mol. The SMILES string of the molecule is Cc1ccc(/C=C/CC2CN(S(=O)(=O)c3ccc(C)cc3)C/C2=C/c2ccccc2)cc1. The molecule has 0 amide bonds. The fourth-order valence-corrected chi connectivity index (χ4v) is 5.47. The van der Waals surface area contributed by atoms with Crippen LogP contribution in [0.1, 0.15) is 28.7 Å². The van der Waals surface area contributed by atoms with Crippen molar-refractivity contribution in [2.75, 3.05) is 13.1 Å². The van der Waals surface area contributed by atoms with Gasteiger partial charge in [-0.05, 0) is 55.0 Å². The van der Waals surface area contributed by atoms with Gasteiger partial charge >= 0.3 is 0 Å². The van der Waals surface area contributed by atoms with Crippen LogP contribution >= 0.6 is 0 Å². The van der Waals surface area contributed by atoms with Gasteiger partial charge in [0.2, 0.25) is 10.0 Å². The molecule has 1 aliphatic heterocycles. The van der Waals surface area contributed by atoms with Gasteiger partial charge in [-0.1, -0.05) is 96.1 Å². The van der Waals surface area contributed by atoms with Gasteiger partial charge in [0.1, 0.15) is 0 Å². The first-order valence-electron chi connectivity index (χ1n) is 11.0. The number of benzene rings is 3. The van der Waals surface area contributed by atoms with Gasteiger partial charge in [0.15, 0.2) is 0 Å². The summed E-state index contributed by atoms with van der Waals surface area (Å²) in [5.41, 5.74) is 5.70. The van der Waals surface area contributed by atoms with Crippen LogP contribution in [0, 0.1) is 19.8 Å². The van der Waals surface area contributed by atoms with Crippen LogP contribution in [0.15, 0.2) is 95.4 Å². The molecule has 1 atom stereocenters. The van der Waals surface area contributed by atoms with Crippen LogP contribution in [0.4, 0.5) is 0 Å². The third-order valence-corrected chi connectivity index (χ3v) is 7.75. The predicted molar refractivity (Wildman–Crippen MR) is 133 cm³/mol. The van der Waals surface area contributed by atoms with Crippen molar-refractivity contribution < 1.29 is 8.42 Å². The van der Waals surface area contributed by atoms with E-state index in [-0.39, 0.29) is 5.92 Å². The van der Waals surface area contributed by atoms with E-state index < -0.39 is 10.0 Å². The van der Waals surface area contributed by atoms with Crippen molar-refractivity contribution in [3.8, 4) is 0 Å². The van der Waals surface area contributed by atoms with E-state index in [9.17, 15) is 8.42 Å². The lowest BCUT2D eigenvalue weighted by Crippen LogP contribution is -2.28. The molecule has 4 rings (SSSR count). The molecule has 0 N–H and O–H groups in total. The molecule has 1 unspecified atom stereocenters. The second kappa shape index (κ2) is 9.68. The van der Waals surface area contributed by atoms with Crippen LogP contribution in [-0.4, -0.2) is 25.8 Å². The van der Waals surface area contributed by atoms with Crippen molar-refractivity contribution in [2.45, 2.75) is 25.2 Å². The van der Waals surface area contributed by atoms with E-state index in [1.807, 2.05) is 37.3 Å². The van der Waals surface area contributed by atoms with Gasteiger partial charge in [-0.3, -0.25) is 0 Å². The zero-order valence-electron chi connectivity index (χ0n) is 18.6. The van der Waals surface area contributed by atoms with Gasteiger partial charge in [-0.15, -0.1) is 0 Å². The summed E-state index contributed by atoms with van der Waals surface area (Å²) in [5.74, 6) is 0.150. The van der Waals surface area contributed by atoms with Gasteiger partial charge in [0.05, 0.1) is 4.90 Å². The van der Waals surface area contributed by atoms with Gasteiger partial charge < -0.3 is 0 Å². The first-order chi connectivity index (χ1) is 15.4. The lowest BCUT2D eigenvalue weighted by molar-refractivity contribution is 0.458. The molecule has 0 aliphatic carbocycles. The van der Waals surface area contributed by atoms with Crippen LogP contribution in [-0.2, 0) is 10.0 Å². The highest BCUT2D eigenvalue weighted by molar-refractivity contribution is 7.89. The van der Waals surface area contributed by atoms with Crippen LogP contribution in [0.25, 0.3) is 12.2 Å². The first-order valence-corrected chi connectivity index (χ1v) is 12.4. The zero-order chi connectivity index (χ0) is 22.6. The molecule has 164 valence electrons. The monoisotopic (exact) mass is 443 g/mol. The highest BCUT2D eigenvalue weighted by Crippen LogP contribution is 2.32. The van der Waals surface area contributed by atoms with E-state index in [1.54, 1.807) is 16.4 Å². The normalized spacial score (nSPS) is 18.6. The Hall–Kier alpha value is -2.95. The van der Waals surface area contributed by atoms with Crippen molar-refractivity contribution in [3.63, 3.8) is 0 Å². The Morgan fingerprint density at radius 3 is 2.12 bits per heavy atom. The Bertz CT molecular complexity index is 1210. The third-order valence-electron chi connectivity index (χ3n) is 5.93. The molecule has 1 aliphatic rings. The fourth-order valence-electron chi connectivity index (χ4n) is 4.00. The number of hydrogen-bond acceptors (Lipinski definition) is 2. The molecule has 3 nitrogen and oxygen atoms in total. The topological polar surface area (TPSA) is 37.4 Å². The number of sulfonamides is 1. The number of hydrogen-bond donors (Lipinski definition) is 0. The minimum atomic E-state index is -3.53. The van der Waals surface area contributed by atoms with Crippen molar-refractivity contribution in [1.29, 1.82) is 0 Å². The maximum atomic E-state index is 13.3. The summed E-state index contributed by atoms with van der Waals surface area (Å²) in [7, 11) is -3.53. The smallest absolute Gasteiger partial charge is 0.207 e. The summed E-state index contributed by atoms with van der Waals surface area (Å²) in [5, 5.41) is 0. The maximum Gasteiger partial charge on any atom is 0.243 e. The molecule has 0 radical (unpaired) electrons. The summed E-state index contributed by atoms with van der Waals surface area (Å²) in [6.07, 6.45) is 7.23. The molecule has 1 heterocycles. The predicted octanol–water partition coefficient (Wildman–Crippen LogP) is 6.11. The maximum absolute atomic E-state index is 13.3. The standard InChI is InChI=1S/C28H29NO2S/c1-22-11-15-24(16-12-22)9-6-10-26-20-29(21-27(26)19-25-7-4-3-5-8-25)32(30,31)28-17-13-23(2)14-18-28/h3-9,11-19,26H,10,20-21H2,1-2H3/b9-6+,27-19-. The third kappa shape index (κ3) is 5.26. The Morgan fingerprint density at radius 1 is 0.844 bits per heavy atom. The number of allylic oxidation sites excluding steroid dienone is 1. The van der Waals surface area contributed by atoms with Crippen LogP contribution in [0.3, 0.4) is 0 Å². The lowest BCUT2D eigenvalue weighted by atomic mass is 9.96. The quantitative estimate of drug-likeness (QED) is 0.461. The van der Waals surface area contributed by atoms with Crippen LogP contribution in [0.5, 0.6) is 0 Å². The molecule has 0 aromatic heterocycles. The Morgan fingerprint density at radius 2 is 1.47 bits per heavy atom. The van der Waals surface area contributed by atoms with E-state index in [4.69, 9.17) is 0 Å². The lowest BCUT2D eigenvalue weighted by Gasteiger charge is -2.16. The van der Waals surface area contributed by atoms with Gasteiger partial charge in [-0.2, -0.15) is 4.31 Å². The van der Waals surface area contributed by atoms with E-state index in [0.29, 0.717) is 18.0 Å². The molecule has 32 heavy (non-hydrogen) atoms. The minimum Gasteiger partial charge on any atom is -0.207 e. The van der Waals surface area contributed by atoms with Crippen LogP contribution < -0.4 is 0 Å². The van der Waals surface area contributed by atoms with Crippen molar-refractivity contribution in [2.24, 2.45) is 5.92 Å². The van der Waals surface area contributed by atoms with E-state index >= 15 is 0 Å². The second-order valence-corrected chi connectivity index (χ2v) is 10.4. The number of nitrogens with zero attached hydrogens (tertiary/aromatic N) is 1. The Balaban J connectivity index is 1.58. The van der Waals surface area contributed by atoms with Crippen molar-refractivity contribution in [1.82, 2.24) is 4.31 Å². The average molecular weight is 444 g/mol. The Kier molecular flexibility index (Phi) is 6.73. The molecule has 3 aromatic carbocycles. The Labute approximate surface area is 191 Å². The van der Waals surface area contributed by atoms with E-state index in [1.165, 1.54) is 5.56 Å². The van der Waals surface area contributed by atoms with Crippen molar-refractivity contribution in [3.05, 3.63) is 113 Å². The highest BCUT2D eigenvalue weighted by atomic mass is 32.2. The number of aryl methyl sites for hydroxylation is 2. The van der Waals surface area contributed by atoms with E-state index in [2.05, 4.69) is 61.5 Å². The molecule has 0 bridgehead atoms. The molecule has 0 saturated carbocycles. The fraction of sp³-hybridized carbons (Fsp3) is 0.214. The second-order valence-electron chi connectivity index (χ2n) is 8.49. The molecule has 4 heteroatoms. The molecule has 1 fully saturated rings. The summed E-state index contributed by atoms with van der Waals surface area (Å²) in [6, 6.07) is 25.7. The summed E-state index contributed by atoms with van der Waals surface area (Å²) in [4.78, 5) is 0.359. The molecule has 0 spiro atoms. The largest absolute Gasteiger partial charge is 0.243 e. The molecular formula is C28H29NO2S. The van der Waals surface area contributed by atoms with Crippen molar-refractivity contribution >= 4 is 22.2 Å². The van der Waals surface area contributed by atoms with Gasteiger partial charge in [-0.25, -0.2) is 8.42 Å². The van der Waals surface area contributed by atoms with E-state index in [0.717, 1.165) is 28.7 Å². The zero-order valence-corrected chi connectivity index (χ0v) is 19.4. The summed E-state index contributed by atoms with van der Waals surface area (Å²) >= 11 is 0. The van der Waals surface area contributed by atoms with Gasteiger partial charge in [0.25, 0.3) is 0 Å². The number of rotatable bonds is 6. The molecule has 3 aromatic rings.